The topological polar surface area (TPSA) is 122 Å². The first-order valence-corrected chi connectivity index (χ1v) is 10.1. The highest BCUT2D eigenvalue weighted by Crippen LogP contribution is 2.28. The molecule has 0 aromatic carbocycles. The Balaban J connectivity index is 1.54. The van der Waals surface area contributed by atoms with Crippen molar-refractivity contribution in [2.75, 3.05) is 53.1 Å². The van der Waals surface area contributed by atoms with Crippen molar-refractivity contribution in [2.45, 2.75) is 56.8 Å². The summed E-state index contributed by atoms with van der Waals surface area (Å²) < 4.78 is 6.11. The molecule has 0 spiro atoms. The Morgan fingerprint density at radius 1 is 1.11 bits per heavy atom. The van der Waals surface area contributed by atoms with Gasteiger partial charge in [0.15, 0.2) is 0 Å². The molecule has 3 aliphatic heterocycles. The molecular formula is C17H37N7O3. The Labute approximate surface area is 162 Å². The summed E-state index contributed by atoms with van der Waals surface area (Å²) in [6, 6.07) is 0.0301. The standard InChI is InChI=1S/C17H37N7O3/c1-4-23(5-2)7-6-22(3)8-11-13(25)14(26)17(27-11)24-10-21-12-15(18)19-9-20-16(12)24/h11-17,19-21,25-26H,4-10,18H2,1-3H3/t11-,12?,13-,14-,15?,16?,17-/m1/s1. The molecule has 0 aliphatic carbocycles. The highest BCUT2D eigenvalue weighted by atomic mass is 16.6. The van der Waals surface area contributed by atoms with Crippen LogP contribution in [0.2, 0.25) is 0 Å². The monoisotopic (exact) mass is 387 g/mol. The number of nitrogens with zero attached hydrogens (tertiary/aromatic N) is 3. The summed E-state index contributed by atoms with van der Waals surface area (Å²) in [5, 5.41) is 31.0. The fourth-order valence-corrected chi connectivity index (χ4v) is 4.26. The van der Waals surface area contributed by atoms with E-state index < -0.39 is 24.5 Å². The van der Waals surface area contributed by atoms with Crippen LogP contribution in [-0.2, 0) is 4.74 Å². The van der Waals surface area contributed by atoms with Crippen LogP contribution in [0.1, 0.15) is 13.8 Å². The summed E-state index contributed by atoms with van der Waals surface area (Å²) in [6.45, 7) is 9.99. The molecular weight excluding hydrogens is 350 g/mol. The van der Waals surface area contributed by atoms with E-state index in [2.05, 4.69) is 39.6 Å². The third-order valence-corrected chi connectivity index (χ3v) is 6.09. The van der Waals surface area contributed by atoms with Crippen LogP contribution in [0.4, 0.5) is 0 Å². The lowest BCUT2D eigenvalue weighted by atomic mass is 10.1. The van der Waals surface area contributed by atoms with E-state index in [1.165, 1.54) is 0 Å². The number of ether oxygens (including phenoxy) is 1. The number of hydrogen-bond donors (Lipinski definition) is 6. The van der Waals surface area contributed by atoms with Crippen molar-refractivity contribution < 1.29 is 14.9 Å². The summed E-state index contributed by atoms with van der Waals surface area (Å²) in [5.41, 5.74) is 6.11. The molecule has 0 aromatic heterocycles. The van der Waals surface area contributed by atoms with Gasteiger partial charge in [0.05, 0.1) is 25.0 Å². The van der Waals surface area contributed by atoms with E-state index in [4.69, 9.17) is 10.5 Å². The van der Waals surface area contributed by atoms with Crippen LogP contribution < -0.4 is 21.7 Å². The Morgan fingerprint density at radius 3 is 2.56 bits per heavy atom. The number of hydrogen-bond acceptors (Lipinski definition) is 10. The van der Waals surface area contributed by atoms with E-state index in [9.17, 15) is 10.2 Å². The maximum Gasteiger partial charge on any atom is 0.142 e. The van der Waals surface area contributed by atoms with Gasteiger partial charge in [0.25, 0.3) is 0 Å². The Hall–Kier alpha value is -0.400. The van der Waals surface area contributed by atoms with E-state index >= 15 is 0 Å². The number of fused-ring (bicyclic) bond motifs is 1. The highest BCUT2D eigenvalue weighted by Gasteiger charge is 2.51. The van der Waals surface area contributed by atoms with Crippen LogP contribution in [-0.4, -0.2) is 121 Å². The highest BCUT2D eigenvalue weighted by molar-refractivity contribution is 5.01. The second-order valence-corrected chi connectivity index (χ2v) is 7.79. The van der Waals surface area contributed by atoms with Crippen molar-refractivity contribution in [1.29, 1.82) is 0 Å². The SMILES string of the molecule is CCN(CC)CCN(C)C[C@H]1O[C@@H](N2CNC3C(N)NCNC32)[C@H](O)[C@@H]1O. The first kappa shape index (κ1) is 21.3. The molecule has 10 nitrogen and oxygen atoms in total. The van der Waals surface area contributed by atoms with Crippen LogP contribution in [0.5, 0.6) is 0 Å². The van der Waals surface area contributed by atoms with Crippen molar-refractivity contribution in [3.63, 3.8) is 0 Å². The lowest BCUT2D eigenvalue weighted by molar-refractivity contribution is -0.106. The zero-order valence-corrected chi connectivity index (χ0v) is 16.7. The molecule has 0 aromatic rings. The van der Waals surface area contributed by atoms with E-state index in [-0.39, 0.29) is 18.4 Å². The second kappa shape index (κ2) is 9.40. The number of nitrogens with two attached hydrogens (primary N) is 1. The van der Waals surface area contributed by atoms with Gasteiger partial charge in [-0.1, -0.05) is 13.8 Å². The second-order valence-electron chi connectivity index (χ2n) is 7.79. The molecule has 10 heteroatoms. The van der Waals surface area contributed by atoms with E-state index in [1.807, 2.05) is 11.9 Å². The summed E-state index contributed by atoms with van der Waals surface area (Å²) >= 11 is 0. The van der Waals surface area contributed by atoms with Crippen LogP contribution in [0.15, 0.2) is 0 Å². The number of aliphatic hydroxyl groups excluding tert-OH is 2. The molecule has 7 N–H and O–H groups in total. The summed E-state index contributed by atoms with van der Waals surface area (Å²) in [4.78, 5) is 6.54. The zero-order chi connectivity index (χ0) is 19.6. The van der Waals surface area contributed by atoms with Gasteiger partial charge in [-0.3, -0.25) is 16.0 Å². The number of rotatable bonds is 8. The third-order valence-electron chi connectivity index (χ3n) is 6.09. The van der Waals surface area contributed by atoms with Crippen LogP contribution in [0, 0.1) is 0 Å². The van der Waals surface area contributed by atoms with Crippen LogP contribution in [0.25, 0.3) is 0 Å². The molecule has 3 saturated heterocycles. The molecule has 0 amide bonds. The first-order chi connectivity index (χ1) is 13.0. The van der Waals surface area contributed by atoms with E-state index in [0.717, 1.165) is 26.2 Å². The Morgan fingerprint density at radius 2 is 1.85 bits per heavy atom. The predicted octanol–water partition coefficient (Wildman–Crippen LogP) is -3.30. The minimum atomic E-state index is -0.945. The average molecular weight is 388 g/mol. The van der Waals surface area contributed by atoms with Crippen molar-refractivity contribution in [3.8, 4) is 0 Å². The van der Waals surface area contributed by atoms with Crippen molar-refractivity contribution in [3.05, 3.63) is 0 Å². The van der Waals surface area contributed by atoms with Gasteiger partial charge in [-0.15, -0.1) is 0 Å². The maximum absolute atomic E-state index is 10.6. The van der Waals surface area contributed by atoms with Gasteiger partial charge in [-0.2, -0.15) is 0 Å². The maximum atomic E-state index is 10.6. The predicted molar refractivity (Wildman–Crippen MR) is 102 cm³/mol. The Kier molecular flexibility index (Phi) is 7.42. The van der Waals surface area contributed by atoms with E-state index in [0.29, 0.717) is 19.9 Å². The van der Waals surface area contributed by atoms with Gasteiger partial charge in [0.1, 0.15) is 24.5 Å². The number of likely N-dealkylation sites (N-methyl/N-ethyl adjacent to an activating group) is 2. The average Bonchev–Trinajstić information content (AvgIpc) is 3.20. The summed E-state index contributed by atoms with van der Waals surface area (Å²) in [5.74, 6) is 0. The summed E-state index contributed by atoms with van der Waals surface area (Å²) in [6.07, 6.45) is -3.01. The zero-order valence-electron chi connectivity index (χ0n) is 16.7. The molecule has 3 rings (SSSR count). The van der Waals surface area contributed by atoms with E-state index in [1.54, 1.807) is 0 Å². The quantitative estimate of drug-likeness (QED) is 0.253. The fourth-order valence-electron chi connectivity index (χ4n) is 4.26. The smallest absolute Gasteiger partial charge is 0.142 e. The van der Waals surface area contributed by atoms with Crippen LogP contribution >= 0.6 is 0 Å². The summed E-state index contributed by atoms with van der Waals surface area (Å²) in [7, 11) is 2.03. The Bertz CT molecular complexity index is 470. The molecule has 7 atom stereocenters. The lowest BCUT2D eigenvalue weighted by Crippen LogP contribution is -2.68. The number of nitrogens with one attached hydrogen (secondary N) is 3. The van der Waals surface area contributed by atoms with Crippen molar-refractivity contribution >= 4 is 0 Å². The minimum Gasteiger partial charge on any atom is -0.387 e. The molecule has 3 aliphatic rings. The van der Waals surface area contributed by atoms with Gasteiger partial charge in [0, 0.05) is 26.3 Å². The molecule has 158 valence electrons. The third kappa shape index (κ3) is 4.61. The van der Waals surface area contributed by atoms with Gasteiger partial charge in [-0.25, -0.2) is 4.90 Å². The number of aliphatic hydroxyl groups is 2. The van der Waals surface area contributed by atoms with Crippen LogP contribution in [0.3, 0.4) is 0 Å². The molecule has 0 radical (unpaired) electrons. The molecule has 0 saturated carbocycles. The van der Waals surface area contributed by atoms with Gasteiger partial charge in [0.2, 0.25) is 0 Å². The largest absolute Gasteiger partial charge is 0.387 e. The molecule has 3 heterocycles. The minimum absolute atomic E-state index is 0.0301. The molecule has 27 heavy (non-hydrogen) atoms. The molecule has 0 bridgehead atoms. The lowest BCUT2D eigenvalue weighted by Gasteiger charge is -2.38. The molecule has 3 fully saturated rings. The van der Waals surface area contributed by atoms with Gasteiger partial charge in [-0.05, 0) is 20.1 Å². The fraction of sp³-hybridized carbons (Fsp3) is 1.00. The van der Waals surface area contributed by atoms with Crippen molar-refractivity contribution in [1.82, 2.24) is 30.7 Å². The first-order valence-electron chi connectivity index (χ1n) is 10.1. The van der Waals surface area contributed by atoms with Crippen molar-refractivity contribution in [2.24, 2.45) is 5.73 Å². The normalized spacial score (nSPS) is 40.2. The van der Waals surface area contributed by atoms with Gasteiger partial charge < -0.3 is 30.5 Å². The van der Waals surface area contributed by atoms with Gasteiger partial charge >= 0.3 is 0 Å². The molecule has 3 unspecified atom stereocenters.